The fraction of sp³-hybridized carbons (Fsp3) is 0.800. The average molecular weight is 457 g/mol. The third kappa shape index (κ3) is 9.42. The number of nitrogens with zero attached hydrogens (tertiary/aromatic N) is 4. The molecule has 3 atom stereocenters. The van der Waals surface area contributed by atoms with Crippen LogP contribution in [-0.4, -0.2) is 57.7 Å². The van der Waals surface area contributed by atoms with Crippen LogP contribution in [0.3, 0.4) is 0 Å². The Balaban J connectivity index is 5.80. The molecule has 0 rings (SSSR count). The number of carbonyl (C=O) groups is 4. The molecular weight excluding hydrogens is 420 g/mol. The molecule has 0 fully saturated rings. The lowest BCUT2D eigenvalue weighted by molar-refractivity contribution is -0.143. The molecule has 0 saturated heterocycles. The SMILES string of the molecule is CCC[C@@H](C(=O)N[C@H](C(=O)N[C@H](C(=O)O)C(C)C)C(C)C)N(N=[N+]=[N-])C(=O)OC(C)(C)C. The zero-order valence-electron chi connectivity index (χ0n) is 20.1. The van der Waals surface area contributed by atoms with Crippen molar-refractivity contribution in [1.29, 1.82) is 0 Å². The highest BCUT2D eigenvalue weighted by Gasteiger charge is 2.39. The molecule has 0 bridgehead atoms. The summed E-state index contributed by atoms with van der Waals surface area (Å²) in [7, 11) is 0. The summed E-state index contributed by atoms with van der Waals surface area (Å²) in [6.07, 6.45) is -0.397. The predicted molar refractivity (Wildman–Crippen MR) is 117 cm³/mol. The molecule has 32 heavy (non-hydrogen) atoms. The van der Waals surface area contributed by atoms with Crippen molar-refractivity contribution in [3.05, 3.63) is 10.4 Å². The normalized spacial score (nSPS) is 14.1. The van der Waals surface area contributed by atoms with Gasteiger partial charge in [-0.05, 0) is 44.3 Å². The van der Waals surface area contributed by atoms with E-state index >= 15 is 0 Å². The Morgan fingerprint density at radius 1 is 1.03 bits per heavy atom. The average Bonchev–Trinajstić information content (AvgIpc) is 2.64. The molecular formula is C20H36N6O6. The summed E-state index contributed by atoms with van der Waals surface area (Å²) in [5.74, 6) is -3.35. The summed E-state index contributed by atoms with van der Waals surface area (Å²) in [5.41, 5.74) is 8.01. The van der Waals surface area contributed by atoms with Crippen LogP contribution in [0.15, 0.2) is 5.22 Å². The molecule has 12 heteroatoms. The minimum absolute atomic E-state index is 0.139. The van der Waals surface area contributed by atoms with Crippen molar-refractivity contribution < 1.29 is 29.0 Å². The van der Waals surface area contributed by atoms with Gasteiger partial charge in [-0.3, -0.25) is 9.59 Å². The molecule has 0 aliphatic carbocycles. The van der Waals surface area contributed by atoms with Crippen LogP contribution < -0.4 is 10.6 Å². The third-order valence-electron chi connectivity index (χ3n) is 4.35. The van der Waals surface area contributed by atoms with E-state index in [9.17, 15) is 24.3 Å². The molecule has 0 aliphatic rings. The molecule has 0 saturated carbocycles. The molecule has 12 nitrogen and oxygen atoms in total. The van der Waals surface area contributed by atoms with E-state index in [1.807, 2.05) is 0 Å². The van der Waals surface area contributed by atoms with Gasteiger partial charge in [0.05, 0.1) is 0 Å². The lowest BCUT2D eigenvalue weighted by Gasteiger charge is -2.29. The van der Waals surface area contributed by atoms with Crippen LogP contribution in [0.1, 0.15) is 68.2 Å². The van der Waals surface area contributed by atoms with Gasteiger partial charge in [0.15, 0.2) is 6.04 Å². The Labute approximate surface area is 188 Å². The number of carbonyl (C=O) groups excluding carboxylic acids is 3. The Morgan fingerprint density at radius 3 is 1.91 bits per heavy atom. The first-order valence-corrected chi connectivity index (χ1v) is 10.6. The van der Waals surface area contributed by atoms with E-state index in [0.29, 0.717) is 11.4 Å². The van der Waals surface area contributed by atoms with Crippen LogP contribution in [0.5, 0.6) is 0 Å². The van der Waals surface area contributed by atoms with E-state index in [4.69, 9.17) is 10.3 Å². The maximum atomic E-state index is 13.1. The van der Waals surface area contributed by atoms with E-state index in [-0.39, 0.29) is 12.3 Å². The van der Waals surface area contributed by atoms with Crippen molar-refractivity contribution >= 4 is 23.9 Å². The van der Waals surface area contributed by atoms with E-state index in [1.165, 1.54) is 0 Å². The summed E-state index contributed by atoms with van der Waals surface area (Å²) < 4.78 is 5.23. The lowest BCUT2D eigenvalue weighted by atomic mass is 9.99. The van der Waals surface area contributed by atoms with Crippen LogP contribution in [0.2, 0.25) is 0 Å². The number of carboxylic acids is 1. The first kappa shape index (κ1) is 29.0. The maximum Gasteiger partial charge on any atom is 0.511 e. The van der Waals surface area contributed by atoms with E-state index < -0.39 is 53.5 Å². The van der Waals surface area contributed by atoms with Gasteiger partial charge in [-0.2, -0.15) is 9.71 Å². The van der Waals surface area contributed by atoms with Gasteiger partial charge in [0.1, 0.15) is 17.7 Å². The van der Waals surface area contributed by atoms with Crippen LogP contribution in [0.4, 0.5) is 4.79 Å². The van der Waals surface area contributed by atoms with Crippen molar-refractivity contribution in [1.82, 2.24) is 15.6 Å². The molecule has 3 amide bonds. The lowest BCUT2D eigenvalue weighted by Crippen LogP contribution is -2.58. The number of rotatable bonds is 11. The van der Waals surface area contributed by atoms with Gasteiger partial charge < -0.3 is 20.5 Å². The zero-order chi connectivity index (χ0) is 25.2. The van der Waals surface area contributed by atoms with Crippen molar-refractivity contribution in [2.24, 2.45) is 17.1 Å². The molecule has 182 valence electrons. The molecule has 0 radical (unpaired) electrons. The first-order chi connectivity index (χ1) is 14.7. The first-order valence-electron chi connectivity index (χ1n) is 10.6. The van der Waals surface area contributed by atoms with E-state index in [2.05, 4.69) is 20.8 Å². The van der Waals surface area contributed by atoms with Crippen LogP contribution in [-0.2, 0) is 19.1 Å². The highest BCUT2D eigenvalue weighted by Crippen LogP contribution is 2.17. The van der Waals surface area contributed by atoms with Crippen LogP contribution in [0, 0.1) is 11.8 Å². The fourth-order valence-electron chi connectivity index (χ4n) is 2.76. The number of hydrogen-bond acceptors (Lipinski definition) is 6. The molecule has 0 aromatic carbocycles. The zero-order valence-corrected chi connectivity index (χ0v) is 20.1. The topological polar surface area (TPSA) is 174 Å². The largest absolute Gasteiger partial charge is 0.511 e. The molecule has 0 aromatic rings. The van der Waals surface area contributed by atoms with E-state index in [0.717, 1.165) is 0 Å². The number of ether oxygens (including phenoxy) is 1. The molecule has 0 spiro atoms. The number of hydrogen-bond donors (Lipinski definition) is 3. The Morgan fingerprint density at radius 2 is 1.53 bits per heavy atom. The van der Waals surface area contributed by atoms with Crippen LogP contribution in [0.25, 0.3) is 10.4 Å². The van der Waals surface area contributed by atoms with Gasteiger partial charge >= 0.3 is 12.1 Å². The fourth-order valence-corrected chi connectivity index (χ4v) is 2.76. The van der Waals surface area contributed by atoms with Crippen LogP contribution >= 0.6 is 0 Å². The highest BCUT2D eigenvalue weighted by atomic mass is 16.6. The van der Waals surface area contributed by atoms with E-state index in [1.54, 1.807) is 55.4 Å². The number of nitrogens with one attached hydrogen (secondary N) is 2. The number of aliphatic carboxylic acids is 1. The molecule has 0 aromatic heterocycles. The van der Waals surface area contributed by atoms with Gasteiger partial charge in [-0.1, -0.05) is 41.0 Å². The summed E-state index contributed by atoms with van der Waals surface area (Å²) in [5, 5.41) is 18.3. The third-order valence-corrected chi connectivity index (χ3v) is 4.35. The van der Waals surface area contributed by atoms with Gasteiger partial charge in [-0.15, -0.1) is 10.5 Å². The smallest absolute Gasteiger partial charge is 0.480 e. The molecule has 0 unspecified atom stereocenters. The Bertz CT molecular complexity index is 727. The highest BCUT2D eigenvalue weighted by molar-refractivity contribution is 5.93. The van der Waals surface area contributed by atoms with Gasteiger partial charge in [0, 0.05) is 0 Å². The number of amides is 3. The minimum atomic E-state index is -1.22. The number of carboxylic acid groups (broad SMARTS) is 1. The van der Waals surface area contributed by atoms with Crippen molar-refractivity contribution in [3.8, 4) is 0 Å². The summed E-state index contributed by atoms with van der Waals surface area (Å²) >= 11 is 0. The quantitative estimate of drug-likeness (QED) is 0.186. The minimum Gasteiger partial charge on any atom is -0.480 e. The molecule has 3 N–H and O–H groups in total. The standard InChI is InChI=1S/C20H36N6O6/c1-9-10-13(26(25-24-21)19(31)32-20(6,7)8)16(27)22-14(11(2)3)17(28)23-15(12(4)5)18(29)30/h11-15H,9-10H2,1-8H3,(H,22,27)(H,23,28)(H,29,30)/t13-,14-,15-/m0/s1. The Kier molecular flexibility index (Phi) is 11.6. The van der Waals surface area contributed by atoms with Crippen molar-refractivity contribution in [2.75, 3.05) is 0 Å². The second kappa shape index (κ2) is 12.7. The Hall–Kier alpha value is -3.01. The summed E-state index contributed by atoms with van der Waals surface area (Å²) in [6.45, 7) is 13.3. The summed E-state index contributed by atoms with van der Waals surface area (Å²) in [6, 6.07) is -3.43. The second-order valence-corrected chi connectivity index (χ2v) is 9.11. The molecule has 0 aliphatic heterocycles. The monoisotopic (exact) mass is 456 g/mol. The molecule has 0 heterocycles. The van der Waals surface area contributed by atoms with Crippen molar-refractivity contribution in [2.45, 2.75) is 92.0 Å². The maximum absolute atomic E-state index is 13.1. The summed E-state index contributed by atoms with van der Waals surface area (Å²) in [4.78, 5) is 52.4. The van der Waals surface area contributed by atoms with Gasteiger partial charge in [0.25, 0.3) is 5.91 Å². The second-order valence-electron chi connectivity index (χ2n) is 9.11. The van der Waals surface area contributed by atoms with Gasteiger partial charge in [0.2, 0.25) is 5.91 Å². The van der Waals surface area contributed by atoms with Crippen molar-refractivity contribution in [3.63, 3.8) is 0 Å². The van der Waals surface area contributed by atoms with Gasteiger partial charge in [-0.25, -0.2) is 4.79 Å². The predicted octanol–water partition coefficient (Wildman–Crippen LogP) is 2.98. The number of azide groups is 1.